The zero-order chi connectivity index (χ0) is 18.9. The monoisotopic (exact) mass is 353 g/mol. The molecule has 2 aromatic rings. The summed E-state index contributed by atoms with van der Waals surface area (Å²) in [5.74, 6) is 5.75. The molecule has 3 rings (SSSR count). The average molecular weight is 353 g/mol. The van der Waals surface area contributed by atoms with Gasteiger partial charge in [-0.05, 0) is 39.8 Å². The number of hydrogen-bond acceptors (Lipinski definition) is 4. The molecular formula is C20H23N3O3. The van der Waals surface area contributed by atoms with Gasteiger partial charge in [-0.15, -0.1) is 0 Å². The SMILES string of the molecule is CC(C)(O)C#Cc1cccc(-c2cn(C(=O)N3COCC3(C)C)cn2)c1. The Morgan fingerprint density at radius 1 is 1.38 bits per heavy atom. The third-order valence-electron chi connectivity index (χ3n) is 4.11. The molecule has 0 saturated carbocycles. The third kappa shape index (κ3) is 3.96. The van der Waals surface area contributed by atoms with Gasteiger partial charge in [0.15, 0.2) is 0 Å². The van der Waals surface area contributed by atoms with Crippen LogP contribution in [0.25, 0.3) is 11.3 Å². The molecule has 1 N–H and O–H groups in total. The molecule has 1 saturated heterocycles. The van der Waals surface area contributed by atoms with Crippen LogP contribution in [-0.2, 0) is 4.74 Å². The standard InChI is InChI=1S/C20H23N3O3/c1-19(2)12-26-14-23(19)18(24)22-11-17(21-13-22)16-7-5-6-15(10-16)8-9-20(3,4)25/h5-7,10-11,13,25H,12,14H2,1-4H3. The van der Waals surface area contributed by atoms with Crippen molar-refractivity contribution in [3.63, 3.8) is 0 Å². The molecule has 136 valence electrons. The van der Waals surface area contributed by atoms with Crippen LogP contribution in [0.1, 0.15) is 33.3 Å². The number of rotatable bonds is 1. The van der Waals surface area contributed by atoms with Crippen molar-refractivity contribution in [2.45, 2.75) is 38.8 Å². The van der Waals surface area contributed by atoms with E-state index >= 15 is 0 Å². The van der Waals surface area contributed by atoms with Gasteiger partial charge in [0.25, 0.3) is 0 Å². The number of imidazole rings is 1. The molecule has 6 nitrogen and oxygen atoms in total. The predicted octanol–water partition coefficient (Wildman–Crippen LogP) is 2.71. The molecular weight excluding hydrogens is 330 g/mol. The summed E-state index contributed by atoms with van der Waals surface area (Å²) in [5, 5.41) is 9.73. The highest BCUT2D eigenvalue weighted by Crippen LogP contribution is 2.24. The van der Waals surface area contributed by atoms with E-state index in [-0.39, 0.29) is 18.3 Å². The summed E-state index contributed by atoms with van der Waals surface area (Å²) in [7, 11) is 0. The number of carbonyl (C=O) groups excluding carboxylic acids is 1. The Morgan fingerprint density at radius 2 is 2.15 bits per heavy atom. The highest BCUT2D eigenvalue weighted by molar-refractivity contribution is 5.79. The minimum absolute atomic E-state index is 0.163. The molecule has 0 atom stereocenters. The lowest BCUT2D eigenvalue weighted by Crippen LogP contribution is -2.45. The maximum atomic E-state index is 12.7. The largest absolute Gasteiger partial charge is 0.378 e. The maximum absolute atomic E-state index is 12.7. The van der Waals surface area contributed by atoms with Crippen LogP contribution in [-0.4, -0.2) is 50.1 Å². The average Bonchev–Trinajstić information content (AvgIpc) is 3.18. The maximum Gasteiger partial charge on any atom is 0.331 e. The Bertz CT molecular complexity index is 881. The lowest BCUT2D eigenvalue weighted by molar-refractivity contribution is 0.140. The van der Waals surface area contributed by atoms with Crippen LogP contribution in [0.2, 0.25) is 0 Å². The normalized spacial score (nSPS) is 16.3. The number of hydrogen-bond donors (Lipinski definition) is 1. The summed E-state index contributed by atoms with van der Waals surface area (Å²) in [6, 6.07) is 7.38. The van der Waals surface area contributed by atoms with Crippen molar-refractivity contribution < 1.29 is 14.6 Å². The van der Waals surface area contributed by atoms with E-state index in [1.54, 1.807) is 24.9 Å². The van der Waals surface area contributed by atoms with Crippen LogP contribution in [0, 0.1) is 11.8 Å². The summed E-state index contributed by atoms with van der Waals surface area (Å²) in [6.07, 6.45) is 3.22. The molecule has 1 aliphatic heterocycles. The van der Waals surface area contributed by atoms with Gasteiger partial charge in [-0.2, -0.15) is 0 Å². The molecule has 0 aliphatic carbocycles. The molecule has 2 heterocycles. The molecule has 6 heteroatoms. The number of aromatic nitrogens is 2. The van der Waals surface area contributed by atoms with Crippen LogP contribution < -0.4 is 0 Å². The van der Waals surface area contributed by atoms with E-state index < -0.39 is 5.60 Å². The number of benzene rings is 1. The van der Waals surface area contributed by atoms with Gasteiger partial charge in [0.1, 0.15) is 18.7 Å². The second-order valence-corrected chi connectivity index (χ2v) is 7.56. The Morgan fingerprint density at radius 3 is 2.81 bits per heavy atom. The fraction of sp³-hybridized carbons (Fsp3) is 0.400. The lowest BCUT2D eigenvalue weighted by Gasteiger charge is -2.28. The smallest absolute Gasteiger partial charge is 0.331 e. The number of ether oxygens (including phenoxy) is 1. The molecule has 0 radical (unpaired) electrons. The molecule has 0 bridgehead atoms. The first-order valence-electron chi connectivity index (χ1n) is 8.45. The molecule has 1 aromatic carbocycles. The van der Waals surface area contributed by atoms with Crippen molar-refractivity contribution in [1.29, 1.82) is 0 Å². The Hall–Kier alpha value is -2.62. The van der Waals surface area contributed by atoms with Crippen LogP contribution in [0.5, 0.6) is 0 Å². The van der Waals surface area contributed by atoms with Crippen LogP contribution in [0.3, 0.4) is 0 Å². The zero-order valence-corrected chi connectivity index (χ0v) is 15.5. The molecule has 1 aliphatic rings. The third-order valence-corrected chi connectivity index (χ3v) is 4.11. The van der Waals surface area contributed by atoms with E-state index in [9.17, 15) is 9.90 Å². The van der Waals surface area contributed by atoms with Gasteiger partial charge >= 0.3 is 6.03 Å². The highest BCUT2D eigenvalue weighted by Gasteiger charge is 2.37. The number of amides is 1. The van der Waals surface area contributed by atoms with Crippen molar-refractivity contribution >= 4 is 6.03 Å². The van der Waals surface area contributed by atoms with Gasteiger partial charge in [0, 0.05) is 17.3 Å². The van der Waals surface area contributed by atoms with Crippen molar-refractivity contribution in [2.24, 2.45) is 0 Å². The minimum Gasteiger partial charge on any atom is -0.378 e. The first-order chi connectivity index (χ1) is 12.2. The first kappa shape index (κ1) is 18.2. The van der Waals surface area contributed by atoms with Gasteiger partial charge in [-0.3, -0.25) is 9.47 Å². The summed E-state index contributed by atoms with van der Waals surface area (Å²) >= 11 is 0. The van der Waals surface area contributed by atoms with E-state index in [1.807, 2.05) is 38.1 Å². The Labute approximate surface area is 153 Å². The Balaban J connectivity index is 1.84. The zero-order valence-electron chi connectivity index (χ0n) is 15.5. The topological polar surface area (TPSA) is 67.6 Å². The van der Waals surface area contributed by atoms with Gasteiger partial charge in [0.05, 0.1) is 17.8 Å². The molecule has 1 fully saturated rings. The number of carbonyl (C=O) groups is 1. The predicted molar refractivity (Wildman–Crippen MR) is 98.4 cm³/mol. The molecule has 26 heavy (non-hydrogen) atoms. The molecule has 1 aromatic heterocycles. The summed E-state index contributed by atoms with van der Waals surface area (Å²) < 4.78 is 6.89. The summed E-state index contributed by atoms with van der Waals surface area (Å²) in [4.78, 5) is 18.7. The lowest BCUT2D eigenvalue weighted by atomic mass is 10.1. The van der Waals surface area contributed by atoms with Crippen LogP contribution in [0.4, 0.5) is 4.79 Å². The van der Waals surface area contributed by atoms with E-state index in [2.05, 4.69) is 16.8 Å². The van der Waals surface area contributed by atoms with Gasteiger partial charge in [-0.1, -0.05) is 24.0 Å². The second kappa shape index (κ2) is 6.60. The quantitative estimate of drug-likeness (QED) is 0.801. The number of nitrogens with zero attached hydrogens (tertiary/aromatic N) is 3. The van der Waals surface area contributed by atoms with Crippen molar-refractivity contribution in [3.05, 3.63) is 42.4 Å². The fourth-order valence-corrected chi connectivity index (χ4v) is 2.65. The van der Waals surface area contributed by atoms with Crippen LogP contribution in [0.15, 0.2) is 36.8 Å². The van der Waals surface area contributed by atoms with E-state index in [0.29, 0.717) is 12.3 Å². The van der Waals surface area contributed by atoms with Crippen molar-refractivity contribution in [2.75, 3.05) is 13.3 Å². The van der Waals surface area contributed by atoms with Gasteiger partial charge in [0.2, 0.25) is 0 Å². The van der Waals surface area contributed by atoms with Crippen molar-refractivity contribution in [3.8, 4) is 23.1 Å². The van der Waals surface area contributed by atoms with E-state index in [4.69, 9.17) is 4.74 Å². The minimum atomic E-state index is -1.05. The highest BCUT2D eigenvalue weighted by atomic mass is 16.5. The molecule has 0 spiro atoms. The molecule has 1 amide bonds. The van der Waals surface area contributed by atoms with E-state index in [0.717, 1.165) is 11.1 Å². The molecule has 0 unspecified atom stereocenters. The van der Waals surface area contributed by atoms with Gasteiger partial charge in [-0.25, -0.2) is 9.78 Å². The second-order valence-electron chi connectivity index (χ2n) is 7.56. The van der Waals surface area contributed by atoms with Gasteiger partial charge < -0.3 is 9.84 Å². The number of aliphatic hydroxyl groups is 1. The van der Waals surface area contributed by atoms with Crippen molar-refractivity contribution in [1.82, 2.24) is 14.5 Å². The first-order valence-corrected chi connectivity index (χ1v) is 8.45. The van der Waals surface area contributed by atoms with E-state index in [1.165, 1.54) is 10.9 Å². The fourth-order valence-electron chi connectivity index (χ4n) is 2.65. The summed E-state index contributed by atoms with van der Waals surface area (Å²) in [6.45, 7) is 8.02. The van der Waals surface area contributed by atoms with Crippen LogP contribution >= 0.6 is 0 Å². The Kier molecular flexibility index (Phi) is 4.61. The summed E-state index contributed by atoms with van der Waals surface area (Å²) in [5.41, 5.74) is 0.932.